The molecule has 2 bridgehead atoms. The van der Waals surface area contributed by atoms with Crippen molar-refractivity contribution in [1.82, 2.24) is 15.1 Å². The first-order valence-electron chi connectivity index (χ1n) is 7.45. The van der Waals surface area contributed by atoms with Crippen molar-refractivity contribution in [2.75, 3.05) is 39.3 Å². The van der Waals surface area contributed by atoms with Gasteiger partial charge in [-0.05, 0) is 26.0 Å². The maximum absolute atomic E-state index is 12.3. The third kappa shape index (κ3) is 2.86. The Labute approximate surface area is 120 Å². The van der Waals surface area contributed by atoms with E-state index >= 15 is 0 Å². The van der Waals surface area contributed by atoms with Gasteiger partial charge in [-0.2, -0.15) is 0 Å². The second kappa shape index (κ2) is 5.54. The number of carbonyl (C=O) groups excluding carboxylic acids is 1. The average Bonchev–Trinajstić information content (AvgIpc) is 2.45. The molecule has 0 aliphatic carbocycles. The molecule has 1 N–H and O–H groups in total. The molecule has 20 heavy (non-hydrogen) atoms. The number of amides is 1. The highest BCUT2D eigenvalue weighted by molar-refractivity contribution is 5.94. The lowest BCUT2D eigenvalue weighted by Crippen LogP contribution is -2.63. The molecule has 0 spiro atoms. The first-order valence-corrected chi connectivity index (χ1v) is 7.45. The van der Waals surface area contributed by atoms with Crippen LogP contribution in [0.15, 0.2) is 18.2 Å². The normalized spacial score (nSPS) is 28.4. The van der Waals surface area contributed by atoms with Crippen molar-refractivity contribution >= 4 is 5.91 Å². The molecule has 1 aromatic rings. The van der Waals surface area contributed by atoms with Crippen molar-refractivity contribution < 1.29 is 4.79 Å². The number of hydrogen-bond donors (Lipinski definition) is 1. The maximum atomic E-state index is 12.3. The summed E-state index contributed by atoms with van der Waals surface area (Å²) in [7, 11) is 0. The van der Waals surface area contributed by atoms with Gasteiger partial charge in [0.25, 0.3) is 5.91 Å². The van der Waals surface area contributed by atoms with Crippen LogP contribution >= 0.6 is 0 Å². The largest absolute Gasteiger partial charge is 0.350 e. The molecule has 3 aliphatic heterocycles. The Morgan fingerprint density at radius 3 is 2.35 bits per heavy atom. The second-order valence-electron chi connectivity index (χ2n) is 6.08. The van der Waals surface area contributed by atoms with Gasteiger partial charge >= 0.3 is 0 Å². The van der Waals surface area contributed by atoms with Gasteiger partial charge in [-0.3, -0.25) is 14.6 Å². The summed E-state index contributed by atoms with van der Waals surface area (Å²) >= 11 is 0. The maximum Gasteiger partial charge on any atom is 0.251 e. The number of piperazine rings is 3. The third-order valence-corrected chi connectivity index (χ3v) is 4.37. The molecule has 1 atom stereocenters. The highest BCUT2D eigenvalue weighted by Gasteiger charge is 2.31. The molecule has 0 aromatic heterocycles. The van der Waals surface area contributed by atoms with E-state index < -0.39 is 0 Å². The summed E-state index contributed by atoms with van der Waals surface area (Å²) in [5.74, 6) is 0.0504. The zero-order valence-electron chi connectivity index (χ0n) is 12.4. The van der Waals surface area contributed by atoms with Crippen LogP contribution in [0.1, 0.15) is 21.5 Å². The van der Waals surface area contributed by atoms with Gasteiger partial charge in [0.2, 0.25) is 0 Å². The number of rotatable bonds is 3. The molecule has 0 radical (unpaired) electrons. The number of nitrogens with one attached hydrogen (secondary N) is 1. The molecule has 108 valence electrons. The van der Waals surface area contributed by atoms with E-state index in [2.05, 4.69) is 21.2 Å². The van der Waals surface area contributed by atoms with Crippen LogP contribution in [0, 0.1) is 13.8 Å². The molecule has 4 rings (SSSR count). The lowest BCUT2D eigenvalue weighted by Gasteiger charge is -2.47. The van der Waals surface area contributed by atoms with Crippen molar-refractivity contribution in [1.29, 1.82) is 0 Å². The van der Waals surface area contributed by atoms with E-state index in [1.807, 2.05) is 26.0 Å². The predicted molar refractivity (Wildman–Crippen MR) is 80.1 cm³/mol. The lowest BCUT2D eigenvalue weighted by atomic mass is 10.1. The van der Waals surface area contributed by atoms with Crippen molar-refractivity contribution in [2.45, 2.75) is 19.9 Å². The van der Waals surface area contributed by atoms with Gasteiger partial charge in [-0.15, -0.1) is 0 Å². The molecule has 1 amide bonds. The molecule has 3 saturated heterocycles. The zero-order chi connectivity index (χ0) is 14.1. The van der Waals surface area contributed by atoms with E-state index in [1.165, 1.54) is 13.1 Å². The first-order chi connectivity index (χ1) is 9.61. The molecule has 3 heterocycles. The Hall–Kier alpha value is -1.39. The van der Waals surface area contributed by atoms with Crippen LogP contribution in [-0.4, -0.2) is 61.0 Å². The second-order valence-corrected chi connectivity index (χ2v) is 6.08. The Kier molecular flexibility index (Phi) is 3.76. The Morgan fingerprint density at radius 1 is 1.15 bits per heavy atom. The summed E-state index contributed by atoms with van der Waals surface area (Å²) < 4.78 is 0. The highest BCUT2D eigenvalue weighted by atomic mass is 16.1. The molecular weight excluding hydrogens is 250 g/mol. The molecule has 1 unspecified atom stereocenters. The van der Waals surface area contributed by atoms with Crippen molar-refractivity contribution in [2.24, 2.45) is 0 Å². The van der Waals surface area contributed by atoms with Gasteiger partial charge in [0.15, 0.2) is 0 Å². The summed E-state index contributed by atoms with van der Waals surface area (Å²) in [4.78, 5) is 17.3. The number of fused-ring (bicyclic) bond motifs is 3. The number of aryl methyl sites for hydroxylation is 2. The quantitative estimate of drug-likeness (QED) is 0.893. The van der Waals surface area contributed by atoms with E-state index in [9.17, 15) is 4.79 Å². The fourth-order valence-electron chi connectivity index (χ4n) is 3.34. The lowest BCUT2D eigenvalue weighted by molar-refractivity contribution is 0.0138. The van der Waals surface area contributed by atoms with E-state index in [1.54, 1.807) is 0 Å². The first kappa shape index (κ1) is 13.6. The van der Waals surface area contributed by atoms with Gasteiger partial charge in [0.1, 0.15) is 0 Å². The smallest absolute Gasteiger partial charge is 0.251 e. The molecule has 0 saturated carbocycles. The van der Waals surface area contributed by atoms with Gasteiger partial charge in [0, 0.05) is 50.9 Å². The van der Waals surface area contributed by atoms with E-state index in [0.717, 1.165) is 42.9 Å². The van der Waals surface area contributed by atoms with Crippen LogP contribution in [0.4, 0.5) is 0 Å². The summed E-state index contributed by atoms with van der Waals surface area (Å²) in [5.41, 5.74) is 3.06. The van der Waals surface area contributed by atoms with Crippen molar-refractivity contribution in [3.8, 4) is 0 Å². The SMILES string of the molecule is Cc1cc(C)cc(C(=O)NCC2CN3CCN2CC3)c1. The van der Waals surface area contributed by atoms with E-state index in [0.29, 0.717) is 6.04 Å². The fraction of sp³-hybridized carbons (Fsp3) is 0.562. The minimum absolute atomic E-state index is 0.0504. The van der Waals surface area contributed by atoms with Crippen LogP contribution in [0.5, 0.6) is 0 Å². The van der Waals surface area contributed by atoms with Crippen LogP contribution < -0.4 is 5.32 Å². The highest BCUT2D eigenvalue weighted by Crippen LogP contribution is 2.15. The number of hydrogen-bond acceptors (Lipinski definition) is 3. The van der Waals surface area contributed by atoms with Crippen LogP contribution in [0.2, 0.25) is 0 Å². The molecule has 3 aliphatic rings. The minimum Gasteiger partial charge on any atom is -0.350 e. The molecule has 4 heteroatoms. The summed E-state index contributed by atoms with van der Waals surface area (Å²) in [5, 5.41) is 3.10. The van der Waals surface area contributed by atoms with Crippen LogP contribution in [0.3, 0.4) is 0 Å². The van der Waals surface area contributed by atoms with Gasteiger partial charge in [-0.25, -0.2) is 0 Å². The number of nitrogens with zero attached hydrogens (tertiary/aromatic N) is 2. The Bertz CT molecular complexity index is 486. The van der Waals surface area contributed by atoms with E-state index in [-0.39, 0.29) is 5.91 Å². The number of benzene rings is 1. The van der Waals surface area contributed by atoms with Gasteiger partial charge in [-0.1, -0.05) is 17.2 Å². The summed E-state index contributed by atoms with van der Waals surface area (Å²) in [6.45, 7) is 10.6. The predicted octanol–water partition coefficient (Wildman–Crippen LogP) is 1.03. The molecule has 4 nitrogen and oxygen atoms in total. The van der Waals surface area contributed by atoms with E-state index in [4.69, 9.17) is 0 Å². The minimum atomic E-state index is 0.0504. The Balaban J connectivity index is 1.59. The van der Waals surface area contributed by atoms with Crippen molar-refractivity contribution in [3.05, 3.63) is 34.9 Å². The zero-order valence-corrected chi connectivity index (χ0v) is 12.4. The summed E-state index contributed by atoms with van der Waals surface area (Å²) in [6.07, 6.45) is 0. The number of carbonyl (C=O) groups is 1. The molecule has 1 aromatic carbocycles. The Morgan fingerprint density at radius 2 is 1.80 bits per heavy atom. The average molecular weight is 273 g/mol. The summed E-state index contributed by atoms with van der Waals surface area (Å²) in [6, 6.07) is 6.49. The standard InChI is InChI=1S/C16H23N3O/c1-12-7-13(2)9-14(8-12)16(20)17-10-15-11-18-3-5-19(15)6-4-18/h7-9,15H,3-6,10-11H2,1-2H3,(H,17,20). The molecular formula is C16H23N3O. The van der Waals surface area contributed by atoms with Gasteiger partial charge in [0.05, 0.1) is 0 Å². The monoisotopic (exact) mass is 273 g/mol. The van der Waals surface area contributed by atoms with Gasteiger partial charge < -0.3 is 5.32 Å². The molecule has 3 fully saturated rings. The fourth-order valence-corrected chi connectivity index (χ4v) is 3.34. The van der Waals surface area contributed by atoms with Crippen LogP contribution in [0.25, 0.3) is 0 Å². The third-order valence-electron chi connectivity index (χ3n) is 4.37. The topological polar surface area (TPSA) is 35.6 Å². The van der Waals surface area contributed by atoms with Crippen LogP contribution in [-0.2, 0) is 0 Å². The van der Waals surface area contributed by atoms with Crippen molar-refractivity contribution in [3.63, 3.8) is 0 Å².